The summed E-state index contributed by atoms with van der Waals surface area (Å²) in [5.74, 6) is 0.579. The van der Waals surface area contributed by atoms with E-state index in [2.05, 4.69) is 138 Å². The number of hydrogen-bond donors (Lipinski definition) is 0. The molecule has 0 aliphatic rings. The lowest BCUT2D eigenvalue weighted by Crippen LogP contribution is -2.09. The molecule has 0 unspecified atom stereocenters. The van der Waals surface area contributed by atoms with Crippen LogP contribution in [0.25, 0.3) is 77.2 Å². The van der Waals surface area contributed by atoms with Crippen LogP contribution in [0.15, 0.2) is 179 Å². The molecule has 10 aromatic rings. The predicted octanol–water partition coefficient (Wildman–Crippen LogP) is 12.8. The van der Waals surface area contributed by atoms with Gasteiger partial charge >= 0.3 is 0 Å². The SMILES string of the molecule is c1ccc2cc(-c3ccc(N(c4ccc5ccccc5c4)c4ccc5oc6cccc(-c7nc8ccccc8o7)c6c5c4)cc3)ccc2c1. The Hall–Kier alpha value is -6.65. The number of anilines is 3. The zero-order valence-corrected chi connectivity index (χ0v) is 26.4. The van der Waals surface area contributed by atoms with Crippen molar-refractivity contribution in [2.75, 3.05) is 4.90 Å². The van der Waals surface area contributed by atoms with Crippen molar-refractivity contribution in [2.24, 2.45) is 0 Å². The molecule has 49 heavy (non-hydrogen) atoms. The number of nitrogens with zero attached hydrogens (tertiary/aromatic N) is 2. The Labute approximate surface area is 282 Å². The number of rotatable bonds is 5. The van der Waals surface area contributed by atoms with Gasteiger partial charge in [0.05, 0.1) is 0 Å². The van der Waals surface area contributed by atoms with Crippen molar-refractivity contribution < 1.29 is 8.83 Å². The van der Waals surface area contributed by atoms with Gasteiger partial charge in [-0.1, -0.05) is 97.1 Å². The van der Waals surface area contributed by atoms with Gasteiger partial charge in [-0.15, -0.1) is 0 Å². The van der Waals surface area contributed by atoms with E-state index in [1.54, 1.807) is 0 Å². The van der Waals surface area contributed by atoms with Crippen LogP contribution in [0.5, 0.6) is 0 Å². The second kappa shape index (κ2) is 11.0. The summed E-state index contributed by atoms with van der Waals surface area (Å²) in [6.07, 6.45) is 0. The van der Waals surface area contributed by atoms with E-state index in [0.717, 1.165) is 55.7 Å². The van der Waals surface area contributed by atoms with Crippen molar-refractivity contribution in [3.05, 3.63) is 170 Å². The minimum atomic E-state index is 0.579. The van der Waals surface area contributed by atoms with Gasteiger partial charge in [-0.25, -0.2) is 4.98 Å². The zero-order chi connectivity index (χ0) is 32.3. The topological polar surface area (TPSA) is 42.4 Å². The molecule has 0 atom stereocenters. The molecule has 0 spiro atoms. The maximum Gasteiger partial charge on any atom is 0.228 e. The van der Waals surface area contributed by atoms with E-state index in [1.807, 2.05) is 36.4 Å². The summed E-state index contributed by atoms with van der Waals surface area (Å²) in [4.78, 5) is 7.15. The summed E-state index contributed by atoms with van der Waals surface area (Å²) >= 11 is 0. The summed E-state index contributed by atoms with van der Waals surface area (Å²) in [5, 5.41) is 6.86. The molecule has 0 aliphatic carbocycles. The molecule has 0 aliphatic heterocycles. The fraction of sp³-hybridized carbons (Fsp3) is 0. The quantitative estimate of drug-likeness (QED) is 0.190. The van der Waals surface area contributed by atoms with Crippen LogP contribution < -0.4 is 4.90 Å². The highest BCUT2D eigenvalue weighted by molar-refractivity contribution is 6.13. The van der Waals surface area contributed by atoms with E-state index >= 15 is 0 Å². The molecule has 230 valence electrons. The Bertz CT molecular complexity index is 2810. The third-order valence-corrected chi connectivity index (χ3v) is 9.46. The lowest BCUT2D eigenvalue weighted by atomic mass is 10.0. The maximum absolute atomic E-state index is 6.40. The summed E-state index contributed by atoms with van der Waals surface area (Å²) in [5.41, 5.74) is 9.63. The average molecular weight is 629 g/mol. The van der Waals surface area contributed by atoms with Gasteiger partial charge in [0.2, 0.25) is 5.89 Å². The fourth-order valence-electron chi connectivity index (χ4n) is 7.05. The maximum atomic E-state index is 6.40. The number of oxazole rings is 1. The number of furan rings is 1. The molecule has 2 aromatic heterocycles. The van der Waals surface area contributed by atoms with Gasteiger partial charge in [0.1, 0.15) is 16.7 Å². The lowest BCUT2D eigenvalue weighted by Gasteiger charge is -2.26. The molecule has 0 saturated heterocycles. The third kappa shape index (κ3) is 4.65. The average Bonchev–Trinajstić information content (AvgIpc) is 3.77. The smallest absolute Gasteiger partial charge is 0.228 e. The number of benzene rings is 8. The van der Waals surface area contributed by atoms with Crippen LogP contribution in [0.2, 0.25) is 0 Å². The van der Waals surface area contributed by atoms with Crippen molar-refractivity contribution in [1.82, 2.24) is 4.98 Å². The lowest BCUT2D eigenvalue weighted by molar-refractivity contribution is 0.620. The normalized spacial score (nSPS) is 11.7. The Morgan fingerprint density at radius 2 is 1.04 bits per heavy atom. The van der Waals surface area contributed by atoms with E-state index in [4.69, 9.17) is 13.8 Å². The van der Waals surface area contributed by atoms with E-state index in [0.29, 0.717) is 5.89 Å². The number of para-hydroxylation sites is 2. The van der Waals surface area contributed by atoms with Crippen molar-refractivity contribution in [3.63, 3.8) is 0 Å². The Kier molecular flexibility index (Phi) is 6.15. The molecule has 2 heterocycles. The standard InChI is InChI=1S/C45H28N2O2/c1-3-10-32-26-34(17-16-29(32)8-1)31-18-21-35(22-19-31)47(36-23-20-30-9-2-4-11-33(30)27-36)37-24-25-41-39(28-37)44-38(12-7-15-43(44)48-41)45-46-40-13-5-6-14-42(40)49-45/h1-28H. The number of fused-ring (bicyclic) bond motifs is 6. The minimum absolute atomic E-state index is 0.579. The van der Waals surface area contributed by atoms with Gasteiger partial charge in [0.25, 0.3) is 0 Å². The van der Waals surface area contributed by atoms with E-state index < -0.39 is 0 Å². The first kappa shape index (κ1) is 27.5. The first-order valence-electron chi connectivity index (χ1n) is 16.4. The monoisotopic (exact) mass is 628 g/mol. The molecule has 0 saturated carbocycles. The van der Waals surface area contributed by atoms with E-state index in [9.17, 15) is 0 Å². The summed E-state index contributed by atoms with van der Waals surface area (Å²) in [6, 6.07) is 59.5. The summed E-state index contributed by atoms with van der Waals surface area (Å²) in [6.45, 7) is 0. The molecule has 0 bridgehead atoms. The van der Waals surface area contributed by atoms with Gasteiger partial charge in [0, 0.05) is 33.4 Å². The molecule has 10 rings (SSSR count). The molecule has 0 amide bonds. The molecular weight excluding hydrogens is 601 g/mol. The molecule has 0 fully saturated rings. The van der Waals surface area contributed by atoms with Crippen LogP contribution in [0.3, 0.4) is 0 Å². The Balaban J connectivity index is 1.14. The molecule has 4 heteroatoms. The second-order valence-electron chi connectivity index (χ2n) is 12.4. The van der Waals surface area contributed by atoms with Crippen molar-refractivity contribution in [3.8, 4) is 22.6 Å². The fourth-order valence-corrected chi connectivity index (χ4v) is 7.05. The first-order valence-corrected chi connectivity index (χ1v) is 16.4. The second-order valence-corrected chi connectivity index (χ2v) is 12.4. The van der Waals surface area contributed by atoms with Gasteiger partial charge < -0.3 is 13.7 Å². The first-order chi connectivity index (χ1) is 24.2. The van der Waals surface area contributed by atoms with E-state index in [-0.39, 0.29) is 0 Å². The van der Waals surface area contributed by atoms with Crippen molar-refractivity contribution >= 4 is 71.6 Å². The van der Waals surface area contributed by atoms with Gasteiger partial charge in [-0.3, -0.25) is 0 Å². The third-order valence-electron chi connectivity index (χ3n) is 9.46. The highest BCUT2D eigenvalue weighted by Crippen LogP contribution is 2.42. The largest absolute Gasteiger partial charge is 0.456 e. The van der Waals surface area contributed by atoms with Crippen molar-refractivity contribution in [1.29, 1.82) is 0 Å². The minimum Gasteiger partial charge on any atom is -0.456 e. The molecule has 4 nitrogen and oxygen atoms in total. The summed E-state index contributed by atoms with van der Waals surface area (Å²) < 4.78 is 12.6. The van der Waals surface area contributed by atoms with Crippen LogP contribution in [0, 0.1) is 0 Å². The summed E-state index contributed by atoms with van der Waals surface area (Å²) in [7, 11) is 0. The van der Waals surface area contributed by atoms with Crippen LogP contribution in [-0.2, 0) is 0 Å². The molecular formula is C45H28N2O2. The Morgan fingerprint density at radius 3 is 1.86 bits per heavy atom. The number of aromatic nitrogens is 1. The zero-order valence-electron chi connectivity index (χ0n) is 26.4. The molecule has 0 N–H and O–H groups in total. The highest BCUT2D eigenvalue weighted by atomic mass is 16.3. The molecule has 0 radical (unpaired) electrons. The van der Waals surface area contributed by atoms with Crippen LogP contribution in [0.1, 0.15) is 0 Å². The van der Waals surface area contributed by atoms with Gasteiger partial charge in [-0.2, -0.15) is 0 Å². The predicted molar refractivity (Wildman–Crippen MR) is 202 cm³/mol. The van der Waals surface area contributed by atoms with Crippen LogP contribution in [0.4, 0.5) is 17.1 Å². The van der Waals surface area contributed by atoms with Gasteiger partial charge in [0.15, 0.2) is 5.58 Å². The van der Waals surface area contributed by atoms with Crippen LogP contribution >= 0.6 is 0 Å². The molecule has 8 aromatic carbocycles. The van der Waals surface area contributed by atoms with Crippen molar-refractivity contribution in [2.45, 2.75) is 0 Å². The van der Waals surface area contributed by atoms with Crippen LogP contribution in [-0.4, -0.2) is 4.98 Å². The van der Waals surface area contributed by atoms with Gasteiger partial charge in [-0.05, 0) is 105 Å². The highest BCUT2D eigenvalue weighted by Gasteiger charge is 2.20. The van der Waals surface area contributed by atoms with E-state index in [1.165, 1.54) is 32.7 Å². The Morgan fingerprint density at radius 1 is 0.408 bits per heavy atom. The number of hydrogen-bond acceptors (Lipinski definition) is 4.